The molecule has 0 N–H and O–H groups in total. The Kier molecular flexibility index (Phi) is 7.11. The fourth-order valence-electron chi connectivity index (χ4n) is 8.52. The molecule has 0 atom stereocenters. The second-order valence-corrected chi connectivity index (χ2v) is 15.2. The van der Waals surface area contributed by atoms with Gasteiger partial charge in [0.15, 0.2) is 0 Å². The van der Waals surface area contributed by atoms with Gasteiger partial charge in [0.1, 0.15) is 0 Å². The molecule has 0 aliphatic carbocycles. The number of nitrogens with zero attached hydrogens (tertiary/aromatic N) is 1. The normalized spacial score (nSPS) is 11.7. The third-order valence-electron chi connectivity index (χ3n) is 11.0. The quantitative estimate of drug-likeness (QED) is 0.161. The van der Waals surface area contributed by atoms with Crippen molar-refractivity contribution in [3.8, 4) is 22.3 Å². The Morgan fingerprint density at radius 2 is 0.907 bits per heavy atom. The van der Waals surface area contributed by atoms with Crippen LogP contribution in [0.15, 0.2) is 200 Å². The molecule has 0 radical (unpaired) electrons. The molecule has 0 aliphatic rings. The van der Waals surface area contributed by atoms with E-state index < -0.39 is 0 Å². The maximum Gasteiger partial charge on any atom is 0.0633 e. The molecule has 1 aromatic heterocycles. The van der Waals surface area contributed by atoms with E-state index in [0.29, 0.717) is 0 Å². The van der Waals surface area contributed by atoms with Crippen LogP contribution >= 0.6 is 11.3 Å². The number of fused-ring (bicyclic) bond motifs is 8. The number of thiophene rings is 1. The van der Waals surface area contributed by atoms with Crippen LogP contribution in [-0.4, -0.2) is 0 Å². The van der Waals surface area contributed by atoms with E-state index in [1.165, 1.54) is 91.2 Å². The lowest BCUT2D eigenvalue weighted by Gasteiger charge is -2.28. The van der Waals surface area contributed by atoms with Crippen LogP contribution in [0, 0.1) is 0 Å². The average molecular weight is 704 g/mol. The first-order valence-electron chi connectivity index (χ1n) is 18.5. The predicted molar refractivity (Wildman–Crippen MR) is 235 cm³/mol. The highest BCUT2D eigenvalue weighted by molar-refractivity contribution is 7.26. The Labute approximate surface area is 317 Å². The van der Waals surface area contributed by atoms with Gasteiger partial charge in [-0.1, -0.05) is 158 Å². The zero-order valence-electron chi connectivity index (χ0n) is 29.4. The molecule has 252 valence electrons. The van der Waals surface area contributed by atoms with Crippen molar-refractivity contribution < 1.29 is 0 Å². The summed E-state index contributed by atoms with van der Waals surface area (Å²) in [5, 5.41) is 12.6. The number of anilines is 3. The van der Waals surface area contributed by atoms with Crippen molar-refractivity contribution in [2.24, 2.45) is 0 Å². The molecule has 1 heterocycles. The minimum Gasteiger partial charge on any atom is -0.309 e. The van der Waals surface area contributed by atoms with Gasteiger partial charge in [-0.25, -0.2) is 0 Å². The van der Waals surface area contributed by atoms with E-state index in [9.17, 15) is 0 Å². The van der Waals surface area contributed by atoms with E-state index >= 15 is 0 Å². The topological polar surface area (TPSA) is 3.24 Å². The van der Waals surface area contributed by atoms with Gasteiger partial charge in [0.2, 0.25) is 0 Å². The zero-order valence-corrected chi connectivity index (χ0v) is 30.2. The van der Waals surface area contributed by atoms with E-state index in [1.54, 1.807) is 0 Å². The summed E-state index contributed by atoms with van der Waals surface area (Å²) in [6, 6.07) is 73.5. The molecule has 0 saturated heterocycles. The molecule has 0 amide bonds. The number of hydrogen-bond acceptors (Lipinski definition) is 2. The summed E-state index contributed by atoms with van der Waals surface area (Å²) in [5.41, 5.74) is 8.39. The lowest BCUT2D eigenvalue weighted by molar-refractivity contribution is 1.32. The highest BCUT2D eigenvalue weighted by Crippen LogP contribution is 2.49. The molecule has 2 heteroatoms. The molecular formula is C52H33NS. The first kappa shape index (κ1) is 30.8. The molecule has 54 heavy (non-hydrogen) atoms. The van der Waals surface area contributed by atoms with E-state index in [4.69, 9.17) is 0 Å². The third-order valence-corrected chi connectivity index (χ3v) is 12.1. The average Bonchev–Trinajstić information content (AvgIpc) is 3.61. The molecule has 1 nitrogen and oxygen atoms in total. The van der Waals surface area contributed by atoms with Gasteiger partial charge in [-0.3, -0.25) is 0 Å². The summed E-state index contributed by atoms with van der Waals surface area (Å²) < 4.78 is 2.59. The Hall–Kier alpha value is -6.74. The molecule has 0 spiro atoms. The monoisotopic (exact) mass is 703 g/mol. The second kappa shape index (κ2) is 12.4. The molecular weight excluding hydrogens is 671 g/mol. The van der Waals surface area contributed by atoms with Crippen molar-refractivity contribution in [3.63, 3.8) is 0 Å². The van der Waals surface area contributed by atoms with Gasteiger partial charge in [0.05, 0.1) is 5.69 Å². The summed E-state index contributed by atoms with van der Waals surface area (Å²) >= 11 is 1.88. The fraction of sp³-hybridized carbons (Fsp3) is 0. The molecule has 0 unspecified atom stereocenters. The molecule has 0 saturated carbocycles. The van der Waals surface area contributed by atoms with Crippen molar-refractivity contribution in [3.05, 3.63) is 200 Å². The Balaban J connectivity index is 1.17. The summed E-state index contributed by atoms with van der Waals surface area (Å²) in [7, 11) is 0. The molecule has 11 rings (SSSR count). The highest BCUT2D eigenvalue weighted by atomic mass is 32.1. The van der Waals surface area contributed by atoms with Crippen LogP contribution < -0.4 is 4.90 Å². The minimum atomic E-state index is 1.12. The summed E-state index contributed by atoms with van der Waals surface area (Å²) in [6.07, 6.45) is 0. The van der Waals surface area contributed by atoms with Crippen LogP contribution in [-0.2, 0) is 0 Å². The van der Waals surface area contributed by atoms with Gasteiger partial charge < -0.3 is 4.90 Å². The largest absolute Gasteiger partial charge is 0.309 e. The van der Waals surface area contributed by atoms with Crippen LogP contribution in [0.4, 0.5) is 17.1 Å². The maximum absolute atomic E-state index is 2.50. The van der Waals surface area contributed by atoms with E-state index in [-0.39, 0.29) is 0 Å². The van der Waals surface area contributed by atoms with E-state index in [0.717, 1.165) is 11.4 Å². The van der Waals surface area contributed by atoms with Crippen molar-refractivity contribution in [1.82, 2.24) is 0 Å². The molecule has 0 bridgehead atoms. The van der Waals surface area contributed by atoms with Crippen LogP contribution in [0.1, 0.15) is 0 Å². The standard InChI is InChI=1S/C52H33NS/c1-2-13-34(14-3-1)35-25-27-39(28-26-35)53(52-43-19-7-5-16-38(43)33-50-51(52)47-22-10-11-24-49(47)54-50)40-29-30-42-36(31-40)17-12-23-45(42)48-32-37-15-4-6-18-41(37)44-20-8-9-21-46(44)48/h1-33H. The van der Waals surface area contributed by atoms with Gasteiger partial charge in [-0.2, -0.15) is 0 Å². The molecule has 0 aliphatic heterocycles. The SMILES string of the molecule is c1ccc(-c2ccc(N(c3ccc4c(-c5cc6ccccc6c6ccccc56)cccc4c3)c3c4ccccc4cc4sc5ccccc5c34)cc2)cc1. The van der Waals surface area contributed by atoms with Gasteiger partial charge in [-0.05, 0) is 102 Å². The number of hydrogen-bond donors (Lipinski definition) is 0. The first-order valence-corrected chi connectivity index (χ1v) is 19.3. The van der Waals surface area contributed by atoms with Gasteiger partial charge in [0, 0.05) is 36.9 Å². The lowest BCUT2D eigenvalue weighted by atomic mass is 9.90. The summed E-state index contributed by atoms with van der Waals surface area (Å²) in [5.74, 6) is 0. The summed E-state index contributed by atoms with van der Waals surface area (Å²) in [6.45, 7) is 0. The van der Waals surface area contributed by atoms with Crippen LogP contribution in [0.3, 0.4) is 0 Å². The smallest absolute Gasteiger partial charge is 0.0633 e. The number of rotatable bonds is 5. The molecule has 11 aromatic rings. The van der Waals surface area contributed by atoms with Gasteiger partial charge in [0.25, 0.3) is 0 Å². The van der Waals surface area contributed by atoms with Crippen molar-refractivity contribution in [1.29, 1.82) is 0 Å². The highest BCUT2D eigenvalue weighted by Gasteiger charge is 2.22. The summed E-state index contributed by atoms with van der Waals surface area (Å²) in [4.78, 5) is 2.50. The van der Waals surface area contributed by atoms with Crippen molar-refractivity contribution >= 4 is 91.7 Å². The Bertz CT molecular complexity index is 3210. The third kappa shape index (κ3) is 4.92. The van der Waals surface area contributed by atoms with Gasteiger partial charge in [-0.15, -0.1) is 11.3 Å². The maximum atomic E-state index is 2.50. The van der Waals surface area contributed by atoms with E-state index in [2.05, 4.69) is 205 Å². The van der Waals surface area contributed by atoms with Crippen molar-refractivity contribution in [2.75, 3.05) is 4.90 Å². The fourth-order valence-corrected chi connectivity index (χ4v) is 9.68. The Morgan fingerprint density at radius 1 is 0.315 bits per heavy atom. The van der Waals surface area contributed by atoms with E-state index in [1.807, 2.05) is 11.3 Å². The van der Waals surface area contributed by atoms with Crippen LogP contribution in [0.5, 0.6) is 0 Å². The lowest BCUT2D eigenvalue weighted by Crippen LogP contribution is -2.11. The Morgan fingerprint density at radius 3 is 1.72 bits per heavy atom. The number of benzene rings is 10. The second-order valence-electron chi connectivity index (χ2n) is 14.1. The molecule has 0 fully saturated rings. The molecule has 10 aromatic carbocycles. The van der Waals surface area contributed by atoms with Crippen molar-refractivity contribution in [2.45, 2.75) is 0 Å². The predicted octanol–water partition coefficient (Wildman–Crippen LogP) is 15.5. The first-order chi connectivity index (χ1) is 26.8. The zero-order chi connectivity index (χ0) is 35.6. The minimum absolute atomic E-state index is 1.12. The van der Waals surface area contributed by atoms with Crippen LogP contribution in [0.2, 0.25) is 0 Å². The van der Waals surface area contributed by atoms with Gasteiger partial charge >= 0.3 is 0 Å². The van der Waals surface area contributed by atoms with Crippen LogP contribution in [0.25, 0.3) is 85.5 Å².